The van der Waals surface area contributed by atoms with Crippen LogP contribution in [-0.2, 0) is 11.3 Å². The quantitative estimate of drug-likeness (QED) is 0.764. The Morgan fingerprint density at radius 2 is 2.29 bits per heavy atom. The fraction of sp³-hybridized carbons (Fsp3) is 0.562. The highest BCUT2D eigenvalue weighted by Crippen LogP contribution is 2.19. The van der Waals surface area contributed by atoms with Gasteiger partial charge in [0.25, 0.3) is 0 Å². The van der Waals surface area contributed by atoms with Crippen molar-refractivity contribution in [3.8, 4) is 5.75 Å². The lowest BCUT2D eigenvalue weighted by Crippen LogP contribution is -2.37. The van der Waals surface area contributed by atoms with E-state index in [0.29, 0.717) is 18.3 Å². The van der Waals surface area contributed by atoms with Crippen LogP contribution in [-0.4, -0.2) is 48.3 Å². The lowest BCUT2D eigenvalue weighted by Gasteiger charge is -2.23. The predicted molar refractivity (Wildman–Crippen MR) is 81.5 cm³/mol. The average Bonchev–Trinajstić information content (AvgIpc) is 2.93. The van der Waals surface area contributed by atoms with Gasteiger partial charge in [0.2, 0.25) is 0 Å². The van der Waals surface area contributed by atoms with Gasteiger partial charge in [-0.05, 0) is 32.0 Å². The van der Waals surface area contributed by atoms with Crippen molar-refractivity contribution in [3.63, 3.8) is 0 Å². The number of para-hydroxylation sites is 1. The van der Waals surface area contributed by atoms with Gasteiger partial charge < -0.3 is 15.2 Å². The summed E-state index contributed by atoms with van der Waals surface area (Å²) < 4.78 is 5.31. The second kappa shape index (κ2) is 8.00. The van der Waals surface area contributed by atoms with Crippen molar-refractivity contribution in [3.05, 3.63) is 29.8 Å². The number of likely N-dealkylation sites (tertiary alicyclic amines) is 1. The van der Waals surface area contributed by atoms with Crippen molar-refractivity contribution in [1.82, 2.24) is 10.2 Å². The van der Waals surface area contributed by atoms with Gasteiger partial charge in [0.15, 0.2) is 6.61 Å². The summed E-state index contributed by atoms with van der Waals surface area (Å²) in [6.45, 7) is 5.85. The van der Waals surface area contributed by atoms with Gasteiger partial charge in [0.05, 0.1) is 0 Å². The summed E-state index contributed by atoms with van der Waals surface area (Å²) in [6, 6.07) is 8.20. The number of benzene rings is 1. The average molecular weight is 292 g/mol. The molecule has 116 valence electrons. The molecular weight excluding hydrogens is 268 g/mol. The molecule has 1 atom stereocenters. The molecule has 2 N–H and O–H groups in total. The minimum absolute atomic E-state index is 0.302. The zero-order chi connectivity index (χ0) is 15.1. The number of ether oxygens (including phenoxy) is 1. The van der Waals surface area contributed by atoms with Crippen molar-refractivity contribution < 1.29 is 14.6 Å². The third kappa shape index (κ3) is 4.72. The molecule has 0 aromatic heterocycles. The fourth-order valence-corrected chi connectivity index (χ4v) is 2.85. The van der Waals surface area contributed by atoms with Crippen LogP contribution in [0.25, 0.3) is 0 Å². The first kappa shape index (κ1) is 15.8. The molecule has 1 aromatic rings. The summed E-state index contributed by atoms with van der Waals surface area (Å²) in [4.78, 5) is 13.1. The van der Waals surface area contributed by atoms with Crippen molar-refractivity contribution in [2.45, 2.75) is 32.4 Å². The Hall–Kier alpha value is -1.59. The summed E-state index contributed by atoms with van der Waals surface area (Å²) >= 11 is 0. The topological polar surface area (TPSA) is 61.8 Å². The van der Waals surface area contributed by atoms with Crippen LogP contribution >= 0.6 is 0 Å². The monoisotopic (exact) mass is 292 g/mol. The maximum Gasteiger partial charge on any atom is 0.341 e. The van der Waals surface area contributed by atoms with Crippen molar-refractivity contribution >= 4 is 5.97 Å². The molecule has 1 aliphatic heterocycles. The molecule has 1 heterocycles. The number of carbonyl (C=O) groups is 1. The first-order valence-corrected chi connectivity index (χ1v) is 7.58. The van der Waals surface area contributed by atoms with Crippen LogP contribution in [0.3, 0.4) is 0 Å². The molecule has 0 amide bonds. The van der Waals surface area contributed by atoms with Crippen LogP contribution in [0, 0.1) is 0 Å². The van der Waals surface area contributed by atoms with E-state index < -0.39 is 5.97 Å². The maximum atomic E-state index is 10.6. The van der Waals surface area contributed by atoms with E-state index >= 15 is 0 Å². The number of aliphatic carboxylic acids is 1. The van der Waals surface area contributed by atoms with Crippen molar-refractivity contribution in [2.24, 2.45) is 0 Å². The second-order valence-electron chi connectivity index (χ2n) is 5.35. The molecule has 0 saturated carbocycles. The van der Waals surface area contributed by atoms with E-state index in [9.17, 15) is 4.79 Å². The molecule has 0 radical (unpaired) electrons. The highest BCUT2D eigenvalue weighted by molar-refractivity contribution is 5.68. The number of hydrogen-bond donors (Lipinski definition) is 2. The van der Waals surface area contributed by atoms with Gasteiger partial charge in [-0.25, -0.2) is 4.79 Å². The molecule has 1 saturated heterocycles. The van der Waals surface area contributed by atoms with Crippen LogP contribution in [0.1, 0.15) is 25.3 Å². The Balaban J connectivity index is 1.83. The number of hydrogen-bond acceptors (Lipinski definition) is 4. The van der Waals surface area contributed by atoms with Gasteiger partial charge in [0.1, 0.15) is 5.75 Å². The zero-order valence-corrected chi connectivity index (χ0v) is 12.5. The lowest BCUT2D eigenvalue weighted by molar-refractivity contribution is -0.139. The van der Waals surface area contributed by atoms with Crippen molar-refractivity contribution in [2.75, 3.05) is 26.2 Å². The molecule has 0 spiro atoms. The third-order valence-electron chi connectivity index (χ3n) is 3.92. The molecular formula is C16H24N2O3. The van der Waals surface area contributed by atoms with E-state index in [4.69, 9.17) is 9.84 Å². The first-order valence-electron chi connectivity index (χ1n) is 7.58. The van der Waals surface area contributed by atoms with Crippen LogP contribution in [0.4, 0.5) is 0 Å². The third-order valence-corrected chi connectivity index (χ3v) is 3.92. The van der Waals surface area contributed by atoms with Gasteiger partial charge in [-0.2, -0.15) is 0 Å². The van der Waals surface area contributed by atoms with E-state index in [1.54, 1.807) is 0 Å². The Kier molecular flexibility index (Phi) is 6.02. The van der Waals surface area contributed by atoms with Gasteiger partial charge in [-0.3, -0.25) is 4.90 Å². The van der Waals surface area contributed by atoms with E-state index in [1.807, 2.05) is 24.3 Å². The fourth-order valence-electron chi connectivity index (χ4n) is 2.85. The highest BCUT2D eigenvalue weighted by atomic mass is 16.5. The van der Waals surface area contributed by atoms with E-state index in [1.165, 1.54) is 19.4 Å². The number of carboxylic acid groups (broad SMARTS) is 1. The highest BCUT2D eigenvalue weighted by Gasteiger charge is 2.22. The summed E-state index contributed by atoms with van der Waals surface area (Å²) in [5.41, 5.74) is 1.000. The minimum Gasteiger partial charge on any atom is -0.482 e. The molecule has 1 aliphatic rings. The molecule has 1 fully saturated rings. The second-order valence-corrected chi connectivity index (χ2v) is 5.35. The number of nitrogens with one attached hydrogen (secondary N) is 1. The van der Waals surface area contributed by atoms with Gasteiger partial charge >= 0.3 is 5.97 Å². The molecule has 5 nitrogen and oxygen atoms in total. The number of rotatable bonds is 8. The largest absolute Gasteiger partial charge is 0.482 e. The van der Waals surface area contributed by atoms with Crippen LogP contribution in [0.2, 0.25) is 0 Å². The Labute approximate surface area is 125 Å². The number of carboxylic acids is 1. The number of nitrogens with zero attached hydrogens (tertiary/aromatic N) is 1. The van der Waals surface area contributed by atoms with Gasteiger partial charge in [-0.15, -0.1) is 0 Å². The van der Waals surface area contributed by atoms with Crippen LogP contribution in [0.5, 0.6) is 5.75 Å². The predicted octanol–water partition coefficient (Wildman–Crippen LogP) is 1.72. The lowest BCUT2D eigenvalue weighted by atomic mass is 10.2. The van der Waals surface area contributed by atoms with Gasteiger partial charge in [-0.1, -0.05) is 25.1 Å². The van der Waals surface area contributed by atoms with E-state index in [2.05, 4.69) is 17.1 Å². The molecule has 1 aromatic carbocycles. The standard InChI is InChI=1S/C16H24N2O3/c1-2-18-9-5-7-14(18)11-17-10-13-6-3-4-8-15(13)21-12-16(19)20/h3-4,6,8,14,17H,2,5,7,9-12H2,1H3,(H,19,20)/t14-/m1/s1. The normalized spacial score (nSPS) is 18.8. The van der Waals surface area contributed by atoms with Crippen LogP contribution in [0.15, 0.2) is 24.3 Å². The summed E-state index contributed by atoms with van der Waals surface area (Å²) in [7, 11) is 0. The summed E-state index contributed by atoms with van der Waals surface area (Å²) in [5.74, 6) is -0.312. The SMILES string of the molecule is CCN1CCC[C@@H]1CNCc1ccccc1OCC(=O)O. The number of likely N-dealkylation sites (N-methyl/N-ethyl adjacent to an activating group) is 1. The molecule has 0 unspecified atom stereocenters. The maximum absolute atomic E-state index is 10.6. The molecule has 0 bridgehead atoms. The Morgan fingerprint density at radius 1 is 1.48 bits per heavy atom. The molecule has 2 rings (SSSR count). The van der Waals surface area contributed by atoms with Crippen molar-refractivity contribution in [1.29, 1.82) is 0 Å². The zero-order valence-electron chi connectivity index (χ0n) is 12.5. The molecule has 21 heavy (non-hydrogen) atoms. The first-order chi connectivity index (χ1) is 10.2. The Bertz CT molecular complexity index is 465. The Morgan fingerprint density at radius 3 is 3.05 bits per heavy atom. The summed E-state index contributed by atoms with van der Waals surface area (Å²) in [6.07, 6.45) is 2.52. The smallest absolute Gasteiger partial charge is 0.341 e. The van der Waals surface area contributed by atoms with E-state index in [0.717, 1.165) is 18.7 Å². The van der Waals surface area contributed by atoms with Crippen LogP contribution < -0.4 is 10.1 Å². The molecule has 5 heteroatoms. The minimum atomic E-state index is -0.956. The van der Waals surface area contributed by atoms with Gasteiger partial charge in [0, 0.05) is 24.7 Å². The summed E-state index contributed by atoms with van der Waals surface area (Å²) in [5, 5.41) is 12.2. The van der Waals surface area contributed by atoms with E-state index in [-0.39, 0.29) is 6.61 Å². The molecule has 0 aliphatic carbocycles.